The maximum Gasteiger partial charge on any atom is 0.0829 e. The van der Waals surface area contributed by atoms with Gasteiger partial charge in [0.15, 0.2) is 0 Å². The van der Waals surface area contributed by atoms with Crippen molar-refractivity contribution < 1.29 is 5.11 Å². The van der Waals surface area contributed by atoms with Crippen LogP contribution in [0, 0.1) is 5.92 Å². The van der Waals surface area contributed by atoms with Crippen LogP contribution in [0.4, 0.5) is 0 Å². The zero-order valence-electron chi connectivity index (χ0n) is 8.53. The lowest BCUT2D eigenvalue weighted by Crippen LogP contribution is -2.18. The molecule has 1 aliphatic rings. The van der Waals surface area contributed by atoms with E-state index in [0.29, 0.717) is 5.92 Å². The Morgan fingerprint density at radius 3 is 2.60 bits per heavy atom. The molecule has 0 radical (unpaired) electrons. The van der Waals surface area contributed by atoms with Crippen molar-refractivity contribution in [3.8, 4) is 0 Å². The maximum atomic E-state index is 10.3. The van der Waals surface area contributed by atoms with Gasteiger partial charge in [-0.15, -0.1) is 0 Å². The second-order valence-electron chi connectivity index (χ2n) is 3.92. The molecular formula is C12H15BrOS. The molecule has 3 heteroatoms. The lowest BCUT2D eigenvalue weighted by atomic mass is 9.91. The molecule has 82 valence electrons. The third-order valence-corrected chi connectivity index (χ3v) is 4.71. The van der Waals surface area contributed by atoms with Crippen LogP contribution in [0.3, 0.4) is 0 Å². The van der Waals surface area contributed by atoms with Gasteiger partial charge in [-0.1, -0.05) is 34.1 Å². The average molecular weight is 287 g/mol. The normalized spacial score (nSPS) is 20.1. The SMILES string of the molecule is OC(c1ccccc1Br)C1CCSCC1. The van der Waals surface area contributed by atoms with Gasteiger partial charge in [0.05, 0.1) is 6.10 Å². The van der Waals surface area contributed by atoms with E-state index in [9.17, 15) is 5.11 Å². The summed E-state index contributed by atoms with van der Waals surface area (Å²) in [7, 11) is 0. The Balaban J connectivity index is 2.12. The molecule has 1 aliphatic heterocycles. The molecule has 1 nitrogen and oxygen atoms in total. The first-order chi connectivity index (χ1) is 7.29. The molecule has 1 atom stereocenters. The van der Waals surface area contributed by atoms with Gasteiger partial charge in [-0.25, -0.2) is 0 Å². The quantitative estimate of drug-likeness (QED) is 0.896. The van der Waals surface area contributed by atoms with Crippen LogP contribution in [0.2, 0.25) is 0 Å². The number of hydrogen-bond acceptors (Lipinski definition) is 2. The topological polar surface area (TPSA) is 20.2 Å². The zero-order chi connectivity index (χ0) is 10.7. The number of aliphatic hydroxyl groups is 1. The van der Waals surface area contributed by atoms with E-state index in [2.05, 4.69) is 15.9 Å². The van der Waals surface area contributed by atoms with E-state index in [1.54, 1.807) is 0 Å². The second-order valence-corrected chi connectivity index (χ2v) is 6.00. The summed E-state index contributed by atoms with van der Waals surface area (Å²) in [5, 5.41) is 10.3. The molecule has 0 amide bonds. The van der Waals surface area contributed by atoms with Gasteiger partial charge >= 0.3 is 0 Å². The van der Waals surface area contributed by atoms with E-state index in [1.165, 1.54) is 11.5 Å². The summed E-state index contributed by atoms with van der Waals surface area (Å²) in [5.74, 6) is 2.81. The summed E-state index contributed by atoms with van der Waals surface area (Å²) in [6.45, 7) is 0. The number of benzene rings is 1. The van der Waals surface area contributed by atoms with E-state index < -0.39 is 0 Å². The number of rotatable bonds is 2. The highest BCUT2D eigenvalue weighted by Gasteiger charge is 2.24. The second kappa shape index (κ2) is 5.37. The van der Waals surface area contributed by atoms with Gasteiger partial charge in [-0.2, -0.15) is 11.8 Å². The van der Waals surface area contributed by atoms with Gasteiger partial charge in [0.1, 0.15) is 0 Å². The van der Waals surface area contributed by atoms with Crippen LogP contribution in [-0.2, 0) is 0 Å². The Morgan fingerprint density at radius 1 is 1.27 bits per heavy atom. The highest BCUT2D eigenvalue weighted by molar-refractivity contribution is 9.10. The van der Waals surface area contributed by atoms with E-state index in [0.717, 1.165) is 22.9 Å². The minimum Gasteiger partial charge on any atom is -0.388 e. The molecule has 1 aromatic rings. The van der Waals surface area contributed by atoms with Crippen molar-refractivity contribution in [2.24, 2.45) is 5.92 Å². The average Bonchev–Trinajstić information content (AvgIpc) is 2.30. The predicted molar refractivity (Wildman–Crippen MR) is 69.2 cm³/mol. The molecule has 1 heterocycles. The van der Waals surface area contributed by atoms with Crippen molar-refractivity contribution in [3.05, 3.63) is 34.3 Å². The van der Waals surface area contributed by atoms with Crippen LogP contribution in [0.15, 0.2) is 28.7 Å². The molecule has 1 unspecified atom stereocenters. The van der Waals surface area contributed by atoms with E-state index in [-0.39, 0.29) is 6.10 Å². The Bertz CT molecular complexity index is 323. The highest BCUT2D eigenvalue weighted by Crippen LogP contribution is 2.35. The molecule has 0 aliphatic carbocycles. The Hall–Kier alpha value is 0.01000. The summed E-state index contributed by atoms with van der Waals surface area (Å²) in [6.07, 6.45) is 1.96. The summed E-state index contributed by atoms with van der Waals surface area (Å²) in [6, 6.07) is 7.98. The van der Waals surface area contributed by atoms with Crippen molar-refractivity contribution >= 4 is 27.7 Å². The van der Waals surface area contributed by atoms with Crippen LogP contribution in [0.1, 0.15) is 24.5 Å². The van der Waals surface area contributed by atoms with Gasteiger partial charge in [-0.3, -0.25) is 0 Å². The van der Waals surface area contributed by atoms with Crippen molar-refractivity contribution in [2.75, 3.05) is 11.5 Å². The first kappa shape index (κ1) is 11.5. The monoisotopic (exact) mass is 286 g/mol. The van der Waals surface area contributed by atoms with Crippen LogP contribution >= 0.6 is 27.7 Å². The van der Waals surface area contributed by atoms with Crippen molar-refractivity contribution in [1.82, 2.24) is 0 Å². The number of halogens is 1. The van der Waals surface area contributed by atoms with Gasteiger partial charge in [-0.05, 0) is 41.9 Å². The lowest BCUT2D eigenvalue weighted by molar-refractivity contribution is 0.102. The number of hydrogen-bond donors (Lipinski definition) is 1. The van der Waals surface area contributed by atoms with E-state index in [4.69, 9.17) is 0 Å². The zero-order valence-corrected chi connectivity index (χ0v) is 10.9. The largest absolute Gasteiger partial charge is 0.388 e. The molecule has 1 aromatic carbocycles. The Kier molecular flexibility index (Phi) is 4.12. The summed E-state index contributed by atoms with van der Waals surface area (Å²) in [5.41, 5.74) is 1.04. The molecule has 15 heavy (non-hydrogen) atoms. The summed E-state index contributed by atoms with van der Waals surface area (Å²) >= 11 is 5.49. The fraction of sp³-hybridized carbons (Fsp3) is 0.500. The van der Waals surface area contributed by atoms with Crippen molar-refractivity contribution in [1.29, 1.82) is 0 Å². The van der Waals surface area contributed by atoms with E-state index in [1.807, 2.05) is 36.0 Å². The molecule has 1 saturated heterocycles. The third-order valence-electron chi connectivity index (χ3n) is 2.94. The fourth-order valence-corrected chi connectivity index (χ4v) is 3.66. The minimum absolute atomic E-state index is 0.304. The molecule has 1 fully saturated rings. The maximum absolute atomic E-state index is 10.3. The van der Waals surface area contributed by atoms with Gasteiger partial charge < -0.3 is 5.11 Å². The Morgan fingerprint density at radius 2 is 1.93 bits per heavy atom. The molecule has 0 bridgehead atoms. The summed E-state index contributed by atoms with van der Waals surface area (Å²) < 4.78 is 1.02. The van der Waals surface area contributed by atoms with Crippen LogP contribution < -0.4 is 0 Å². The third kappa shape index (κ3) is 2.77. The van der Waals surface area contributed by atoms with Gasteiger partial charge in [0, 0.05) is 4.47 Å². The molecule has 1 N–H and O–H groups in total. The molecule has 2 rings (SSSR count). The van der Waals surface area contributed by atoms with Crippen LogP contribution in [0.25, 0.3) is 0 Å². The van der Waals surface area contributed by atoms with Crippen LogP contribution in [-0.4, -0.2) is 16.6 Å². The van der Waals surface area contributed by atoms with Crippen molar-refractivity contribution in [2.45, 2.75) is 18.9 Å². The minimum atomic E-state index is -0.304. The van der Waals surface area contributed by atoms with E-state index >= 15 is 0 Å². The lowest BCUT2D eigenvalue weighted by Gasteiger charge is -2.27. The summed E-state index contributed by atoms with van der Waals surface area (Å²) in [4.78, 5) is 0. The number of aliphatic hydroxyl groups excluding tert-OH is 1. The van der Waals surface area contributed by atoms with Crippen molar-refractivity contribution in [3.63, 3.8) is 0 Å². The molecule has 0 aromatic heterocycles. The Labute approximate surface area is 103 Å². The fourth-order valence-electron chi connectivity index (χ4n) is 2.00. The number of thioether (sulfide) groups is 1. The smallest absolute Gasteiger partial charge is 0.0829 e. The van der Waals surface area contributed by atoms with Crippen LogP contribution in [0.5, 0.6) is 0 Å². The molecule has 0 spiro atoms. The first-order valence-corrected chi connectivity index (χ1v) is 7.24. The van der Waals surface area contributed by atoms with Gasteiger partial charge in [0.2, 0.25) is 0 Å². The molecule has 0 saturated carbocycles. The molecular weight excluding hydrogens is 272 g/mol. The predicted octanol–water partition coefficient (Wildman–Crippen LogP) is 3.63. The standard InChI is InChI=1S/C12H15BrOS/c13-11-4-2-1-3-10(11)12(14)9-5-7-15-8-6-9/h1-4,9,12,14H,5-8H2. The first-order valence-electron chi connectivity index (χ1n) is 5.29. The highest BCUT2D eigenvalue weighted by atomic mass is 79.9. The van der Waals surface area contributed by atoms with Gasteiger partial charge in [0.25, 0.3) is 0 Å².